The monoisotopic (exact) mass is 464 g/mol. The van der Waals surface area contributed by atoms with Crippen LogP contribution in [-0.2, 0) is 9.59 Å². The molecule has 1 fully saturated rings. The van der Waals surface area contributed by atoms with Crippen LogP contribution < -0.4 is 5.32 Å². The molecular weight excluding hydrogens is 431 g/mol. The highest BCUT2D eigenvalue weighted by Gasteiger charge is 2.33. The zero-order valence-electron chi connectivity index (χ0n) is 18.4. The number of benzene rings is 1. The van der Waals surface area contributed by atoms with Gasteiger partial charge in [-0.15, -0.1) is 11.6 Å². The third-order valence-electron chi connectivity index (χ3n) is 6.60. The summed E-state index contributed by atoms with van der Waals surface area (Å²) in [6, 6.07) is 6.67. The van der Waals surface area contributed by atoms with Crippen molar-refractivity contribution in [3.63, 3.8) is 0 Å². The highest BCUT2D eigenvalue weighted by molar-refractivity contribution is 6.30. The Morgan fingerprint density at radius 3 is 2.45 bits per heavy atom. The predicted molar refractivity (Wildman–Crippen MR) is 127 cm³/mol. The van der Waals surface area contributed by atoms with Crippen LogP contribution in [0.3, 0.4) is 0 Å². The smallest absolute Gasteiger partial charge is 0.247 e. The van der Waals surface area contributed by atoms with Gasteiger partial charge in [0, 0.05) is 17.6 Å². The van der Waals surface area contributed by atoms with Crippen molar-refractivity contribution in [2.24, 2.45) is 5.92 Å². The molecule has 1 unspecified atom stereocenters. The molecule has 2 aliphatic carbocycles. The van der Waals surface area contributed by atoms with Crippen LogP contribution in [0, 0.1) is 5.92 Å². The molecule has 0 aliphatic heterocycles. The van der Waals surface area contributed by atoms with Gasteiger partial charge in [0.15, 0.2) is 0 Å². The molecule has 0 saturated heterocycles. The van der Waals surface area contributed by atoms with E-state index in [0.717, 1.165) is 50.5 Å². The lowest BCUT2D eigenvalue weighted by Gasteiger charge is -2.34. The van der Waals surface area contributed by atoms with Crippen LogP contribution in [0.2, 0.25) is 5.02 Å². The van der Waals surface area contributed by atoms with Gasteiger partial charge < -0.3 is 10.2 Å². The molecule has 1 atom stereocenters. The first-order valence-electron chi connectivity index (χ1n) is 11.6. The van der Waals surface area contributed by atoms with Crippen LogP contribution in [0.5, 0.6) is 0 Å². The van der Waals surface area contributed by atoms with Crippen molar-refractivity contribution in [1.82, 2.24) is 10.2 Å². The van der Waals surface area contributed by atoms with E-state index in [0.29, 0.717) is 17.5 Å². The largest absolute Gasteiger partial charge is 0.351 e. The van der Waals surface area contributed by atoms with Gasteiger partial charge >= 0.3 is 0 Å². The molecule has 2 amide bonds. The fraction of sp³-hybridized carbons (Fsp3) is 0.600. The number of carbonyl (C=O) groups is 2. The van der Waals surface area contributed by atoms with E-state index in [-0.39, 0.29) is 23.7 Å². The van der Waals surface area contributed by atoms with Crippen molar-refractivity contribution in [3.05, 3.63) is 46.5 Å². The molecule has 2 aliphatic rings. The van der Waals surface area contributed by atoms with Crippen molar-refractivity contribution in [2.75, 3.05) is 12.4 Å². The maximum atomic E-state index is 13.5. The average Bonchev–Trinajstić information content (AvgIpc) is 2.79. The number of alkyl halides is 1. The zero-order chi connectivity index (χ0) is 22.2. The van der Waals surface area contributed by atoms with Crippen LogP contribution in [0.1, 0.15) is 76.3 Å². The Morgan fingerprint density at radius 1 is 1.13 bits per heavy atom. The van der Waals surface area contributed by atoms with E-state index in [4.69, 9.17) is 23.2 Å². The maximum Gasteiger partial charge on any atom is 0.247 e. The number of amides is 2. The zero-order valence-corrected chi connectivity index (χ0v) is 19.9. The van der Waals surface area contributed by atoms with E-state index in [1.54, 1.807) is 17.0 Å². The molecule has 0 aromatic heterocycles. The van der Waals surface area contributed by atoms with Gasteiger partial charge in [0.25, 0.3) is 0 Å². The third kappa shape index (κ3) is 6.98. The topological polar surface area (TPSA) is 49.4 Å². The lowest BCUT2D eigenvalue weighted by molar-refractivity contribution is -0.139. The normalized spacial score (nSPS) is 22.4. The third-order valence-corrected chi connectivity index (χ3v) is 7.08. The van der Waals surface area contributed by atoms with Gasteiger partial charge in [-0.2, -0.15) is 0 Å². The van der Waals surface area contributed by atoms with Gasteiger partial charge in [-0.05, 0) is 81.4 Å². The Kier molecular flexibility index (Phi) is 9.28. The lowest BCUT2D eigenvalue weighted by Crippen LogP contribution is -2.48. The minimum Gasteiger partial charge on any atom is -0.351 e. The summed E-state index contributed by atoms with van der Waals surface area (Å²) in [5.41, 5.74) is 2.14. The first-order valence-corrected chi connectivity index (χ1v) is 12.5. The molecule has 1 saturated carbocycles. The molecule has 170 valence electrons. The summed E-state index contributed by atoms with van der Waals surface area (Å²) in [7, 11) is 0. The number of carbonyl (C=O) groups excluding carboxylic acids is 2. The van der Waals surface area contributed by atoms with Crippen LogP contribution in [0.4, 0.5) is 0 Å². The summed E-state index contributed by atoms with van der Waals surface area (Å²) >= 11 is 12.1. The fourth-order valence-electron chi connectivity index (χ4n) is 4.67. The number of hydrogen-bond donors (Lipinski definition) is 1. The van der Waals surface area contributed by atoms with Crippen molar-refractivity contribution in [1.29, 1.82) is 0 Å². The number of halogens is 2. The first kappa shape index (κ1) is 24.1. The molecule has 4 nitrogen and oxygen atoms in total. The molecule has 1 aromatic carbocycles. The second-order valence-electron chi connectivity index (χ2n) is 9.00. The molecule has 6 heteroatoms. The summed E-state index contributed by atoms with van der Waals surface area (Å²) in [6.07, 6.45) is 11.9. The van der Waals surface area contributed by atoms with Crippen molar-refractivity contribution < 1.29 is 9.59 Å². The van der Waals surface area contributed by atoms with Crippen molar-refractivity contribution in [2.45, 2.75) is 76.8 Å². The molecule has 0 bridgehead atoms. The summed E-state index contributed by atoms with van der Waals surface area (Å²) in [5, 5.41) is 3.83. The van der Waals surface area contributed by atoms with Crippen LogP contribution in [0.25, 0.3) is 0 Å². The van der Waals surface area contributed by atoms with Gasteiger partial charge in [-0.25, -0.2) is 0 Å². The number of nitrogens with zero attached hydrogens (tertiary/aromatic N) is 1. The van der Waals surface area contributed by atoms with Crippen molar-refractivity contribution in [3.8, 4) is 0 Å². The Balaban J connectivity index is 1.81. The molecule has 0 radical (unpaired) electrons. The van der Waals surface area contributed by atoms with Gasteiger partial charge in [0.2, 0.25) is 11.8 Å². The molecule has 0 spiro atoms. The van der Waals surface area contributed by atoms with E-state index in [1.165, 1.54) is 18.4 Å². The fourth-order valence-corrected chi connectivity index (χ4v) is 4.95. The Hall–Kier alpha value is -1.52. The van der Waals surface area contributed by atoms with Crippen LogP contribution >= 0.6 is 23.2 Å². The number of rotatable bonds is 8. The minimum absolute atomic E-state index is 0.127. The number of allylic oxidation sites excluding steroid dienone is 1. The van der Waals surface area contributed by atoms with E-state index in [2.05, 4.69) is 18.3 Å². The molecule has 0 heterocycles. The van der Waals surface area contributed by atoms with Crippen molar-refractivity contribution >= 4 is 35.0 Å². The summed E-state index contributed by atoms with van der Waals surface area (Å²) in [6.45, 7) is 2.75. The van der Waals surface area contributed by atoms with Gasteiger partial charge in [0.1, 0.15) is 11.9 Å². The molecule has 1 N–H and O–H groups in total. The van der Waals surface area contributed by atoms with Gasteiger partial charge in [-0.3, -0.25) is 9.59 Å². The first-order chi connectivity index (χ1) is 15.0. The SMILES string of the molecule is CC1CCC(NC(=O)C(c2ccc(Cl)cc2)N(CCC2=CCCCC2)C(=O)CCl)CC1. The molecule has 31 heavy (non-hydrogen) atoms. The molecular formula is C25H34Cl2N2O2. The predicted octanol–water partition coefficient (Wildman–Crippen LogP) is 6.03. The van der Waals surface area contributed by atoms with Crippen LogP contribution in [-0.4, -0.2) is 35.2 Å². The Bertz CT molecular complexity index is 770. The molecule has 1 aromatic rings. The molecule has 3 rings (SSSR count). The average molecular weight is 465 g/mol. The standard InChI is InChI=1S/C25H34Cl2N2O2/c1-18-7-13-22(14-8-18)28-25(31)24(20-9-11-21(27)12-10-20)29(23(30)17-26)16-15-19-5-3-2-4-6-19/h5,9-12,18,22,24H,2-4,6-8,13-17H2,1H3,(H,28,31). The van der Waals surface area contributed by atoms with E-state index < -0.39 is 6.04 Å². The van der Waals surface area contributed by atoms with Gasteiger partial charge in [0.05, 0.1) is 0 Å². The van der Waals surface area contributed by atoms with Crippen LogP contribution in [0.15, 0.2) is 35.9 Å². The highest BCUT2D eigenvalue weighted by Crippen LogP contribution is 2.28. The van der Waals surface area contributed by atoms with Gasteiger partial charge in [-0.1, -0.05) is 42.3 Å². The van der Waals surface area contributed by atoms with E-state index in [1.807, 2.05) is 12.1 Å². The second-order valence-corrected chi connectivity index (χ2v) is 9.70. The summed E-state index contributed by atoms with van der Waals surface area (Å²) < 4.78 is 0. The number of hydrogen-bond acceptors (Lipinski definition) is 2. The lowest BCUT2D eigenvalue weighted by atomic mass is 9.87. The number of nitrogens with one attached hydrogen (secondary N) is 1. The summed E-state index contributed by atoms with van der Waals surface area (Å²) in [5.74, 6) is 0.221. The second kappa shape index (κ2) is 11.9. The van der Waals surface area contributed by atoms with E-state index >= 15 is 0 Å². The highest BCUT2D eigenvalue weighted by atomic mass is 35.5. The summed E-state index contributed by atoms with van der Waals surface area (Å²) in [4.78, 5) is 28.0. The van der Waals surface area contributed by atoms with E-state index in [9.17, 15) is 9.59 Å². The maximum absolute atomic E-state index is 13.5. The quantitative estimate of drug-likeness (QED) is 0.376. The minimum atomic E-state index is -0.702. The Labute approximate surface area is 196 Å². The Morgan fingerprint density at radius 2 is 1.84 bits per heavy atom.